The Kier molecular flexibility index (Phi) is 4.29. The molecule has 0 aliphatic heterocycles. The minimum absolute atomic E-state index is 0.0808. The summed E-state index contributed by atoms with van der Waals surface area (Å²) in [7, 11) is 0. The number of benzene rings is 1. The summed E-state index contributed by atoms with van der Waals surface area (Å²) in [6, 6.07) is 6.27. The maximum absolute atomic E-state index is 12.9. The third-order valence-electron chi connectivity index (χ3n) is 2.62. The summed E-state index contributed by atoms with van der Waals surface area (Å²) >= 11 is 0. The van der Waals surface area contributed by atoms with E-state index in [-0.39, 0.29) is 23.8 Å². The predicted octanol–water partition coefficient (Wildman–Crippen LogP) is 2.16. The first-order valence-corrected chi connectivity index (χ1v) is 6.25. The Morgan fingerprint density at radius 3 is 2.60 bits per heavy atom. The molecule has 0 saturated heterocycles. The molecule has 6 nitrogen and oxygen atoms in total. The molecule has 0 saturated carbocycles. The van der Waals surface area contributed by atoms with Crippen LogP contribution >= 0.6 is 0 Å². The number of hydrogen-bond donors (Lipinski definition) is 2. The van der Waals surface area contributed by atoms with Gasteiger partial charge in [-0.05, 0) is 31.5 Å². The second kappa shape index (κ2) is 6.14. The fourth-order valence-electron chi connectivity index (χ4n) is 1.66. The SMILES string of the molecule is CCOc1nc(N)nc(NC(C)c2ccc(F)cc2)n1. The number of nitrogens with two attached hydrogens (primary N) is 1. The summed E-state index contributed by atoms with van der Waals surface area (Å²) in [4.78, 5) is 11.9. The topological polar surface area (TPSA) is 86.0 Å². The largest absolute Gasteiger partial charge is 0.464 e. The summed E-state index contributed by atoms with van der Waals surface area (Å²) in [5.41, 5.74) is 6.50. The molecule has 0 aliphatic carbocycles. The van der Waals surface area contributed by atoms with Crippen molar-refractivity contribution in [1.29, 1.82) is 0 Å². The molecule has 0 spiro atoms. The van der Waals surface area contributed by atoms with E-state index in [1.165, 1.54) is 12.1 Å². The van der Waals surface area contributed by atoms with Gasteiger partial charge < -0.3 is 15.8 Å². The second-order valence-corrected chi connectivity index (χ2v) is 4.15. The molecule has 7 heteroatoms. The van der Waals surface area contributed by atoms with Crippen molar-refractivity contribution in [3.63, 3.8) is 0 Å². The van der Waals surface area contributed by atoms with Crippen LogP contribution in [0.1, 0.15) is 25.5 Å². The molecule has 106 valence electrons. The summed E-state index contributed by atoms with van der Waals surface area (Å²) in [5, 5.41) is 3.07. The molecule has 2 aromatic rings. The molecular formula is C13H16FN5O. The van der Waals surface area contributed by atoms with Crippen molar-refractivity contribution in [2.45, 2.75) is 19.9 Å². The molecule has 3 N–H and O–H groups in total. The third kappa shape index (κ3) is 3.53. The normalized spacial score (nSPS) is 11.9. The lowest BCUT2D eigenvalue weighted by Crippen LogP contribution is -2.12. The van der Waals surface area contributed by atoms with E-state index in [9.17, 15) is 4.39 Å². The Hall–Kier alpha value is -2.44. The van der Waals surface area contributed by atoms with Crippen molar-refractivity contribution < 1.29 is 9.13 Å². The van der Waals surface area contributed by atoms with Gasteiger partial charge in [-0.1, -0.05) is 12.1 Å². The number of nitrogens with one attached hydrogen (secondary N) is 1. The molecule has 0 bridgehead atoms. The van der Waals surface area contributed by atoms with Crippen molar-refractivity contribution in [2.24, 2.45) is 0 Å². The lowest BCUT2D eigenvalue weighted by molar-refractivity contribution is 0.312. The summed E-state index contributed by atoms with van der Waals surface area (Å²) in [6.07, 6.45) is 0. The van der Waals surface area contributed by atoms with E-state index < -0.39 is 0 Å². The fraction of sp³-hybridized carbons (Fsp3) is 0.308. The lowest BCUT2D eigenvalue weighted by atomic mass is 10.1. The van der Waals surface area contributed by atoms with E-state index in [4.69, 9.17) is 10.5 Å². The predicted molar refractivity (Wildman–Crippen MR) is 73.8 cm³/mol. The Bertz CT molecular complexity index is 575. The Balaban J connectivity index is 2.14. The van der Waals surface area contributed by atoms with E-state index in [0.29, 0.717) is 12.6 Å². The quantitative estimate of drug-likeness (QED) is 0.871. The zero-order chi connectivity index (χ0) is 14.5. The number of anilines is 2. The number of rotatable bonds is 5. The van der Waals surface area contributed by atoms with Crippen LogP contribution < -0.4 is 15.8 Å². The molecule has 20 heavy (non-hydrogen) atoms. The minimum Gasteiger partial charge on any atom is -0.464 e. The van der Waals surface area contributed by atoms with Crippen molar-refractivity contribution in [1.82, 2.24) is 15.0 Å². The van der Waals surface area contributed by atoms with Crippen LogP contribution in [0.3, 0.4) is 0 Å². The van der Waals surface area contributed by atoms with E-state index in [1.54, 1.807) is 12.1 Å². The molecule has 2 rings (SSSR count). The number of hydrogen-bond acceptors (Lipinski definition) is 6. The number of nitrogen functional groups attached to an aromatic ring is 1. The Labute approximate surface area is 116 Å². The zero-order valence-electron chi connectivity index (χ0n) is 11.3. The van der Waals surface area contributed by atoms with Gasteiger partial charge in [-0.2, -0.15) is 15.0 Å². The van der Waals surface area contributed by atoms with Crippen LogP contribution in [0.2, 0.25) is 0 Å². The average Bonchev–Trinajstić information content (AvgIpc) is 2.39. The van der Waals surface area contributed by atoms with E-state index in [1.807, 2.05) is 13.8 Å². The van der Waals surface area contributed by atoms with E-state index in [2.05, 4.69) is 20.3 Å². The third-order valence-corrected chi connectivity index (χ3v) is 2.62. The molecule has 1 aromatic heterocycles. The number of aromatic nitrogens is 3. The lowest BCUT2D eigenvalue weighted by Gasteiger charge is -2.14. The van der Waals surface area contributed by atoms with Gasteiger partial charge >= 0.3 is 6.01 Å². The standard InChI is InChI=1S/C13H16FN5O/c1-3-20-13-18-11(15)17-12(19-13)16-8(2)9-4-6-10(14)7-5-9/h4-8H,3H2,1-2H3,(H3,15,16,17,18,19). The fourth-order valence-corrected chi connectivity index (χ4v) is 1.66. The number of halogens is 1. The molecule has 1 aromatic carbocycles. The molecule has 1 heterocycles. The van der Waals surface area contributed by atoms with Crippen LogP contribution in [-0.4, -0.2) is 21.6 Å². The minimum atomic E-state index is -0.274. The van der Waals surface area contributed by atoms with Gasteiger partial charge in [0.2, 0.25) is 11.9 Å². The molecule has 1 unspecified atom stereocenters. The zero-order valence-corrected chi connectivity index (χ0v) is 11.3. The van der Waals surface area contributed by atoms with Gasteiger partial charge in [-0.25, -0.2) is 4.39 Å². The monoisotopic (exact) mass is 277 g/mol. The van der Waals surface area contributed by atoms with Crippen LogP contribution in [0.25, 0.3) is 0 Å². The van der Waals surface area contributed by atoms with E-state index >= 15 is 0 Å². The Morgan fingerprint density at radius 2 is 1.95 bits per heavy atom. The van der Waals surface area contributed by atoms with Crippen LogP contribution in [-0.2, 0) is 0 Å². The first kappa shape index (κ1) is 14.0. The van der Waals surface area contributed by atoms with E-state index in [0.717, 1.165) is 5.56 Å². The van der Waals surface area contributed by atoms with Gasteiger partial charge in [-0.3, -0.25) is 0 Å². The van der Waals surface area contributed by atoms with Gasteiger partial charge in [-0.15, -0.1) is 0 Å². The summed E-state index contributed by atoms with van der Waals surface area (Å²) in [5.74, 6) is 0.124. The maximum Gasteiger partial charge on any atom is 0.323 e. The van der Waals surface area contributed by atoms with Crippen LogP contribution in [0, 0.1) is 5.82 Å². The molecular weight excluding hydrogens is 261 g/mol. The number of ether oxygens (including phenoxy) is 1. The van der Waals surface area contributed by atoms with Gasteiger partial charge in [0.1, 0.15) is 5.82 Å². The van der Waals surface area contributed by atoms with Gasteiger partial charge in [0.25, 0.3) is 0 Å². The molecule has 0 aliphatic rings. The maximum atomic E-state index is 12.9. The first-order chi connectivity index (χ1) is 9.58. The summed E-state index contributed by atoms with van der Waals surface area (Å²) in [6.45, 7) is 4.18. The molecule has 0 radical (unpaired) electrons. The average molecular weight is 277 g/mol. The highest BCUT2D eigenvalue weighted by molar-refractivity contribution is 5.36. The molecule has 0 fully saturated rings. The highest BCUT2D eigenvalue weighted by Gasteiger charge is 2.10. The molecule has 0 amide bonds. The Morgan fingerprint density at radius 1 is 1.25 bits per heavy atom. The summed E-state index contributed by atoms with van der Waals surface area (Å²) < 4.78 is 18.1. The van der Waals surface area contributed by atoms with Crippen molar-refractivity contribution >= 4 is 11.9 Å². The highest BCUT2D eigenvalue weighted by Crippen LogP contribution is 2.18. The van der Waals surface area contributed by atoms with Crippen molar-refractivity contribution in [3.05, 3.63) is 35.6 Å². The van der Waals surface area contributed by atoms with Gasteiger partial charge in [0.15, 0.2) is 0 Å². The second-order valence-electron chi connectivity index (χ2n) is 4.15. The smallest absolute Gasteiger partial charge is 0.323 e. The van der Waals surface area contributed by atoms with Gasteiger partial charge in [0.05, 0.1) is 12.6 Å². The van der Waals surface area contributed by atoms with Crippen LogP contribution in [0.15, 0.2) is 24.3 Å². The van der Waals surface area contributed by atoms with Crippen LogP contribution in [0.5, 0.6) is 6.01 Å². The van der Waals surface area contributed by atoms with Crippen molar-refractivity contribution in [3.8, 4) is 6.01 Å². The number of nitrogens with zero attached hydrogens (tertiary/aromatic N) is 3. The first-order valence-electron chi connectivity index (χ1n) is 6.25. The van der Waals surface area contributed by atoms with Crippen LogP contribution in [0.4, 0.5) is 16.3 Å². The van der Waals surface area contributed by atoms with Gasteiger partial charge in [0, 0.05) is 0 Å². The molecule has 1 atom stereocenters. The van der Waals surface area contributed by atoms with Crippen molar-refractivity contribution in [2.75, 3.05) is 17.7 Å². The highest BCUT2D eigenvalue weighted by atomic mass is 19.1.